The highest BCUT2D eigenvalue weighted by molar-refractivity contribution is 9.10. The van der Waals surface area contributed by atoms with Crippen molar-refractivity contribution >= 4 is 34.2 Å². The monoisotopic (exact) mass is 433 g/mol. The number of likely N-dealkylation sites (tertiary alicyclic amines) is 1. The van der Waals surface area contributed by atoms with Crippen LogP contribution >= 0.6 is 28.3 Å². The Labute approximate surface area is 163 Å². The van der Waals surface area contributed by atoms with Gasteiger partial charge >= 0.3 is 0 Å². The van der Waals surface area contributed by atoms with Crippen molar-refractivity contribution in [3.63, 3.8) is 0 Å². The first-order valence-corrected chi connectivity index (χ1v) is 9.58. The van der Waals surface area contributed by atoms with Crippen molar-refractivity contribution in [1.82, 2.24) is 15.5 Å². The maximum Gasteiger partial charge on any atom is 0.237 e. The number of carbonyl (C=O) groups is 1. The number of amides is 1. The molecule has 0 aromatic heterocycles. The summed E-state index contributed by atoms with van der Waals surface area (Å²) in [6.07, 6.45) is 4.23. The summed E-state index contributed by atoms with van der Waals surface area (Å²) in [5.41, 5.74) is 0.726. The summed E-state index contributed by atoms with van der Waals surface area (Å²) in [7, 11) is 0. The van der Waals surface area contributed by atoms with Crippen LogP contribution in [0.2, 0.25) is 0 Å². The van der Waals surface area contributed by atoms with Crippen LogP contribution < -0.4 is 10.6 Å². The zero-order valence-corrected chi connectivity index (χ0v) is 16.7. The predicted octanol–water partition coefficient (Wildman–Crippen LogP) is 3.09. The number of nitrogens with zero attached hydrogens (tertiary/aromatic N) is 1. The van der Waals surface area contributed by atoms with Gasteiger partial charge in [-0.05, 0) is 62.9 Å². The molecule has 2 heterocycles. The van der Waals surface area contributed by atoms with Crippen LogP contribution in [0.25, 0.3) is 0 Å². The Kier molecular flexibility index (Phi) is 8.13. The van der Waals surface area contributed by atoms with E-state index in [9.17, 15) is 9.18 Å². The summed E-state index contributed by atoms with van der Waals surface area (Å²) in [5, 5.41) is 6.32. The molecule has 25 heavy (non-hydrogen) atoms. The Morgan fingerprint density at radius 1 is 1.36 bits per heavy atom. The fourth-order valence-electron chi connectivity index (χ4n) is 3.64. The van der Waals surface area contributed by atoms with Gasteiger partial charge in [0.1, 0.15) is 5.82 Å². The van der Waals surface area contributed by atoms with Gasteiger partial charge in [-0.1, -0.05) is 15.9 Å². The largest absolute Gasteiger partial charge is 0.354 e. The van der Waals surface area contributed by atoms with Crippen LogP contribution in [0.3, 0.4) is 0 Å². The third kappa shape index (κ3) is 5.91. The molecule has 7 heteroatoms. The van der Waals surface area contributed by atoms with Gasteiger partial charge in [0.05, 0.1) is 6.04 Å². The molecule has 1 amide bonds. The quantitative estimate of drug-likeness (QED) is 0.748. The van der Waals surface area contributed by atoms with Gasteiger partial charge in [-0.15, -0.1) is 12.4 Å². The third-order valence-electron chi connectivity index (χ3n) is 4.95. The third-order valence-corrected chi connectivity index (χ3v) is 5.44. The first-order chi connectivity index (χ1) is 11.6. The predicted molar refractivity (Wildman–Crippen MR) is 103 cm³/mol. The van der Waals surface area contributed by atoms with E-state index in [2.05, 4.69) is 31.5 Å². The minimum absolute atomic E-state index is 0. The lowest BCUT2D eigenvalue weighted by molar-refractivity contribution is -0.123. The highest BCUT2D eigenvalue weighted by Gasteiger charge is 2.25. The number of benzene rings is 1. The molecule has 2 atom stereocenters. The highest BCUT2D eigenvalue weighted by Crippen LogP contribution is 2.21. The summed E-state index contributed by atoms with van der Waals surface area (Å²) in [6.45, 7) is 4.17. The second kappa shape index (κ2) is 9.86. The van der Waals surface area contributed by atoms with E-state index in [0.29, 0.717) is 19.0 Å². The van der Waals surface area contributed by atoms with E-state index in [1.54, 1.807) is 6.07 Å². The number of carbonyl (C=O) groups excluding carboxylic acids is 1. The Hall–Kier alpha value is -0.690. The molecule has 2 fully saturated rings. The van der Waals surface area contributed by atoms with Gasteiger partial charge < -0.3 is 10.6 Å². The van der Waals surface area contributed by atoms with Crippen molar-refractivity contribution in [2.45, 2.75) is 38.3 Å². The average molecular weight is 435 g/mol. The Balaban J connectivity index is 0.00000225. The number of hydrogen-bond donors (Lipinski definition) is 2. The van der Waals surface area contributed by atoms with Gasteiger partial charge in [0.15, 0.2) is 0 Å². The van der Waals surface area contributed by atoms with E-state index in [1.807, 2.05) is 6.07 Å². The lowest BCUT2D eigenvalue weighted by Crippen LogP contribution is -2.45. The van der Waals surface area contributed by atoms with Gasteiger partial charge in [0.2, 0.25) is 5.91 Å². The second-order valence-electron chi connectivity index (χ2n) is 6.87. The van der Waals surface area contributed by atoms with Gasteiger partial charge in [-0.3, -0.25) is 9.69 Å². The fraction of sp³-hybridized carbons (Fsp3) is 0.611. The summed E-state index contributed by atoms with van der Waals surface area (Å²) < 4.78 is 14.8. The minimum atomic E-state index is -0.152. The van der Waals surface area contributed by atoms with E-state index >= 15 is 0 Å². The van der Waals surface area contributed by atoms with Crippen molar-refractivity contribution in [3.8, 4) is 0 Å². The molecule has 2 unspecified atom stereocenters. The van der Waals surface area contributed by atoms with Crippen LogP contribution in [0.4, 0.5) is 4.39 Å². The van der Waals surface area contributed by atoms with Crippen LogP contribution in [0.1, 0.15) is 31.2 Å². The van der Waals surface area contributed by atoms with Gasteiger partial charge in [-0.25, -0.2) is 4.39 Å². The van der Waals surface area contributed by atoms with Crippen molar-refractivity contribution in [2.75, 3.05) is 26.2 Å². The topological polar surface area (TPSA) is 44.4 Å². The SMILES string of the molecule is Cl.O=C(NCC1CCCN(Cc2cc(Br)ccc2F)C1)C1CCCN1. The molecule has 2 saturated heterocycles. The number of rotatable bonds is 5. The molecule has 2 N–H and O–H groups in total. The molecule has 0 radical (unpaired) electrons. The number of piperidine rings is 1. The van der Waals surface area contributed by atoms with Crippen molar-refractivity contribution in [2.24, 2.45) is 5.92 Å². The maximum atomic E-state index is 13.9. The van der Waals surface area contributed by atoms with E-state index in [4.69, 9.17) is 0 Å². The summed E-state index contributed by atoms with van der Waals surface area (Å²) in [5.74, 6) is 0.419. The van der Waals surface area contributed by atoms with Crippen molar-refractivity contribution in [1.29, 1.82) is 0 Å². The van der Waals surface area contributed by atoms with E-state index < -0.39 is 0 Å². The first kappa shape index (κ1) is 20.6. The van der Waals surface area contributed by atoms with Gasteiger partial charge in [0, 0.05) is 29.7 Å². The van der Waals surface area contributed by atoms with E-state index in [0.717, 1.165) is 55.4 Å². The second-order valence-corrected chi connectivity index (χ2v) is 7.79. The molecule has 1 aromatic rings. The molecule has 140 valence electrons. The molecular formula is C18H26BrClFN3O. The van der Waals surface area contributed by atoms with Crippen LogP contribution in [-0.2, 0) is 11.3 Å². The molecule has 0 spiro atoms. The number of hydrogen-bond acceptors (Lipinski definition) is 3. The first-order valence-electron chi connectivity index (χ1n) is 8.79. The minimum Gasteiger partial charge on any atom is -0.354 e. The number of halogens is 3. The van der Waals surface area contributed by atoms with Crippen LogP contribution in [-0.4, -0.2) is 43.0 Å². The zero-order chi connectivity index (χ0) is 16.9. The van der Waals surface area contributed by atoms with Crippen molar-refractivity contribution < 1.29 is 9.18 Å². The standard InChI is InChI=1S/C18H25BrFN3O.ClH/c19-15-5-6-16(20)14(9-15)12-23-8-2-3-13(11-23)10-22-18(24)17-4-1-7-21-17;/h5-6,9,13,17,21H,1-4,7-8,10-12H2,(H,22,24);1H. The summed E-state index contributed by atoms with van der Waals surface area (Å²) >= 11 is 3.41. The molecular weight excluding hydrogens is 409 g/mol. The molecule has 4 nitrogen and oxygen atoms in total. The Bertz CT molecular complexity index is 583. The molecule has 0 saturated carbocycles. The van der Waals surface area contributed by atoms with Gasteiger partial charge in [-0.2, -0.15) is 0 Å². The summed E-state index contributed by atoms with van der Waals surface area (Å²) in [6, 6.07) is 5.08. The fourth-order valence-corrected chi connectivity index (χ4v) is 4.05. The molecule has 0 aliphatic carbocycles. The average Bonchev–Trinajstić information content (AvgIpc) is 3.11. The normalized spacial score (nSPS) is 23.9. The molecule has 2 aliphatic heterocycles. The van der Waals surface area contributed by atoms with Crippen LogP contribution in [0.5, 0.6) is 0 Å². The van der Waals surface area contributed by atoms with Crippen molar-refractivity contribution in [3.05, 3.63) is 34.1 Å². The Morgan fingerprint density at radius 2 is 2.20 bits per heavy atom. The molecule has 0 bridgehead atoms. The lowest BCUT2D eigenvalue weighted by atomic mass is 9.97. The summed E-state index contributed by atoms with van der Waals surface area (Å²) in [4.78, 5) is 14.4. The zero-order valence-electron chi connectivity index (χ0n) is 14.3. The van der Waals surface area contributed by atoms with E-state index in [1.165, 1.54) is 6.07 Å². The maximum absolute atomic E-state index is 13.9. The molecule has 1 aromatic carbocycles. The molecule has 2 aliphatic rings. The molecule has 3 rings (SSSR count). The number of nitrogens with one attached hydrogen (secondary N) is 2. The smallest absolute Gasteiger partial charge is 0.237 e. The van der Waals surface area contributed by atoms with E-state index in [-0.39, 0.29) is 30.2 Å². The van der Waals surface area contributed by atoms with Crippen LogP contribution in [0, 0.1) is 11.7 Å². The Morgan fingerprint density at radius 3 is 2.96 bits per heavy atom. The van der Waals surface area contributed by atoms with Crippen LogP contribution in [0.15, 0.2) is 22.7 Å². The highest BCUT2D eigenvalue weighted by atomic mass is 79.9. The van der Waals surface area contributed by atoms with Gasteiger partial charge in [0.25, 0.3) is 0 Å². The lowest BCUT2D eigenvalue weighted by Gasteiger charge is -2.33.